The highest BCUT2D eigenvalue weighted by molar-refractivity contribution is 5.90. The Morgan fingerprint density at radius 1 is 1.76 bits per heavy atom. The molecule has 88 valence electrons. The van der Waals surface area contributed by atoms with E-state index in [1.54, 1.807) is 18.2 Å². The van der Waals surface area contributed by atoms with Gasteiger partial charge in [-0.15, -0.1) is 0 Å². The molecule has 0 amide bonds. The number of nitrogens with two attached hydrogens (primary N) is 1. The molecular formula is C10H11N5O2. The van der Waals surface area contributed by atoms with Crippen LogP contribution in [0.15, 0.2) is 23.5 Å². The molecule has 0 aromatic carbocycles. The topological polar surface area (TPSA) is 114 Å². The summed E-state index contributed by atoms with van der Waals surface area (Å²) in [6.45, 7) is 0.207. The standard InChI is InChI=1S/C10H11N5O2/c1-17-10(16)8-5-7(9(11)13-6-8)3-2-4-14-15-12/h2-3,5-6H,4H2,1H3,(H2,11,13). The molecule has 0 radical (unpaired) electrons. The number of hydrogen-bond acceptors (Lipinski definition) is 5. The van der Waals surface area contributed by atoms with Gasteiger partial charge in [0.2, 0.25) is 0 Å². The molecule has 17 heavy (non-hydrogen) atoms. The summed E-state index contributed by atoms with van der Waals surface area (Å²) in [7, 11) is 1.29. The highest BCUT2D eigenvalue weighted by Gasteiger charge is 2.07. The minimum Gasteiger partial charge on any atom is -0.465 e. The second-order valence-corrected chi connectivity index (χ2v) is 3.01. The number of azide groups is 1. The molecule has 0 aliphatic rings. The van der Waals surface area contributed by atoms with E-state index in [4.69, 9.17) is 11.3 Å². The van der Waals surface area contributed by atoms with E-state index < -0.39 is 5.97 Å². The van der Waals surface area contributed by atoms with Crippen LogP contribution in [0.4, 0.5) is 5.82 Å². The molecule has 0 fully saturated rings. The van der Waals surface area contributed by atoms with E-state index in [0.717, 1.165) is 0 Å². The molecule has 0 atom stereocenters. The summed E-state index contributed by atoms with van der Waals surface area (Å²) in [5, 5.41) is 3.33. The lowest BCUT2D eigenvalue weighted by Gasteiger charge is -2.02. The van der Waals surface area contributed by atoms with Gasteiger partial charge in [-0.05, 0) is 11.6 Å². The van der Waals surface area contributed by atoms with Gasteiger partial charge in [0.1, 0.15) is 5.82 Å². The number of pyridine rings is 1. The van der Waals surface area contributed by atoms with E-state index in [1.165, 1.54) is 13.3 Å². The van der Waals surface area contributed by atoms with Crippen molar-refractivity contribution in [1.82, 2.24) is 4.98 Å². The van der Waals surface area contributed by atoms with E-state index in [-0.39, 0.29) is 12.4 Å². The third kappa shape index (κ3) is 3.51. The van der Waals surface area contributed by atoms with Crippen molar-refractivity contribution >= 4 is 17.9 Å². The first-order chi connectivity index (χ1) is 8.19. The van der Waals surface area contributed by atoms with Gasteiger partial charge >= 0.3 is 5.97 Å². The predicted octanol–water partition coefficient (Wildman–Crippen LogP) is 1.77. The number of nitrogens with zero attached hydrogens (tertiary/aromatic N) is 4. The number of methoxy groups -OCH3 is 1. The third-order valence-corrected chi connectivity index (χ3v) is 1.92. The number of rotatable bonds is 4. The molecule has 0 bridgehead atoms. The first kappa shape index (κ1) is 12.5. The zero-order valence-corrected chi connectivity index (χ0v) is 9.20. The Morgan fingerprint density at radius 2 is 2.53 bits per heavy atom. The number of hydrogen-bond donors (Lipinski definition) is 1. The lowest BCUT2D eigenvalue weighted by Crippen LogP contribution is -2.04. The van der Waals surface area contributed by atoms with Crippen molar-refractivity contribution in [3.8, 4) is 0 Å². The van der Waals surface area contributed by atoms with Crippen molar-refractivity contribution < 1.29 is 9.53 Å². The second kappa shape index (κ2) is 6.14. The SMILES string of the molecule is COC(=O)c1cnc(N)c(C=CCN=[N+]=[N-])c1. The maximum absolute atomic E-state index is 11.3. The van der Waals surface area contributed by atoms with Gasteiger partial charge in [-0.1, -0.05) is 17.3 Å². The molecule has 2 N–H and O–H groups in total. The zero-order chi connectivity index (χ0) is 12.7. The van der Waals surface area contributed by atoms with E-state index in [9.17, 15) is 4.79 Å². The summed E-state index contributed by atoms with van der Waals surface area (Å²) in [6, 6.07) is 1.56. The van der Waals surface area contributed by atoms with Gasteiger partial charge < -0.3 is 10.5 Å². The lowest BCUT2D eigenvalue weighted by atomic mass is 10.1. The summed E-state index contributed by atoms with van der Waals surface area (Å²) in [5.74, 6) is -0.197. The molecule has 0 spiro atoms. The number of anilines is 1. The molecule has 1 aromatic rings. The minimum absolute atomic E-state index is 0.207. The van der Waals surface area contributed by atoms with Crippen molar-refractivity contribution in [3.63, 3.8) is 0 Å². The van der Waals surface area contributed by atoms with Crippen LogP contribution < -0.4 is 5.73 Å². The third-order valence-electron chi connectivity index (χ3n) is 1.92. The highest BCUT2D eigenvalue weighted by Crippen LogP contribution is 2.13. The van der Waals surface area contributed by atoms with E-state index in [2.05, 4.69) is 19.7 Å². The second-order valence-electron chi connectivity index (χ2n) is 3.01. The molecule has 1 heterocycles. The molecule has 1 rings (SSSR count). The molecule has 7 heteroatoms. The smallest absolute Gasteiger partial charge is 0.339 e. The minimum atomic E-state index is -0.484. The fraction of sp³-hybridized carbons (Fsp3) is 0.200. The van der Waals surface area contributed by atoms with Crippen LogP contribution in [0.2, 0.25) is 0 Å². The van der Waals surface area contributed by atoms with Crippen molar-refractivity contribution in [3.05, 3.63) is 39.9 Å². The Hall–Kier alpha value is -2.53. The Balaban J connectivity index is 2.94. The Morgan fingerprint density at radius 3 is 3.18 bits per heavy atom. The van der Waals surface area contributed by atoms with Crippen LogP contribution >= 0.6 is 0 Å². The first-order valence-corrected chi connectivity index (χ1v) is 4.70. The number of nitrogen functional groups attached to an aromatic ring is 1. The van der Waals surface area contributed by atoms with Crippen LogP contribution in [-0.2, 0) is 4.74 Å². The molecule has 0 saturated carbocycles. The quantitative estimate of drug-likeness (QED) is 0.369. The zero-order valence-electron chi connectivity index (χ0n) is 9.20. The maximum atomic E-state index is 11.3. The number of carbonyl (C=O) groups is 1. The molecule has 7 nitrogen and oxygen atoms in total. The summed E-state index contributed by atoms with van der Waals surface area (Å²) in [6.07, 6.45) is 4.59. The largest absolute Gasteiger partial charge is 0.465 e. The highest BCUT2D eigenvalue weighted by atomic mass is 16.5. The van der Waals surface area contributed by atoms with Gasteiger partial charge in [0.25, 0.3) is 0 Å². The van der Waals surface area contributed by atoms with Crippen LogP contribution in [0, 0.1) is 0 Å². The molecule has 0 unspecified atom stereocenters. The van der Waals surface area contributed by atoms with Crippen molar-refractivity contribution in [2.45, 2.75) is 0 Å². The summed E-state index contributed by atoms with van der Waals surface area (Å²) in [4.78, 5) is 17.7. The Kier molecular flexibility index (Phi) is 4.53. The number of aromatic nitrogens is 1. The summed E-state index contributed by atoms with van der Waals surface area (Å²) < 4.78 is 4.56. The molecular weight excluding hydrogens is 222 g/mol. The number of ether oxygens (including phenoxy) is 1. The maximum Gasteiger partial charge on any atom is 0.339 e. The summed E-state index contributed by atoms with van der Waals surface area (Å²) in [5.41, 5.74) is 14.6. The lowest BCUT2D eigenvalue weighted by molar-refractivity contribution is 0.0600. The van der Waals surface area contributed by atoms with Gasteiger partial charge in [-0.3, -0.25) is 0 Å². The molecule has 1 aromatic heterocycles. The van der Waals surface area contributed by atoms with Crippen LogP contribution in [0.5, 0.6) is 0 Å². The van der Waals surface area contributed by atoms with E-state index in [1.807, 2.05) is 0 Å². The molecule has 0 aliphatic heterocycles. The van der Waals surface area contributed by atoms with Crippen LogP contribution in [-0.4, -0.2) is 24.6 Å². The van der Waals surface area contributed by atoms with Gasteiger partial charge in [0, 0.05) is 23.2 Å². The van der Waals surface area contributed by atoms with E-state index in [0.29, 0.717) is 11.1 Å². The van der Waals surface area contributed by atoms with Crippen LogP contribution in [0.1, 0.15) is 15.9 Å². The van der Waals surface area contributed by atoms with Crippen molar-refractivity contribution in [2.24, 2.45) is 5.11 Å². The van der Waals surface area contributed by atoms with Gasteiger partial charge in [0.05, 0.1) is 12.7 Å². The Bertz CT molecular complexity index is 491. The number of esters is 1. The van der Waals surface area contributed by atoms with Gasteiger partial charge in [-0.2, -0.15) is 0 Å². The number of carbonyl (C=O) groups excluding carboxylic acids is 1. The fourth-order valence-corrected chi connectivity index (χ4v) is 1.12. The van der Waals surface area contributed by atoms with Crippen LogP contribution in [0.3, 0.4) is 0 Å². The molecule has 0 aliphatic carbocycles. The van der Waals surface area contributed by atoms with Gasteiger partial charge in [-0.25, -0.2) is 9.78 Å². The van der Waals surface area contributed by atoms with Crippen molar-refractivity contribution in [1.29, 1.82) is 0 Å². The monoisotopic (exact) mass is 233 g/mol. The van der Waals surface area contributed by atoms with Gasteiger partial charge in [0.15, 0.2) is 0 Å². The van der Waals surface area contributed by atoms with E-state index >= 15 is 0 Å². The average molecular weight is 233 g/mol. The van der Waals surface area contributed by atoms with Crippen LogP contribution in [0.25, 0.3) is 16.5 Å². The molecule has 0 saturated heterocycles. The van der Waals surface area contributed by atoms with Crippen molar-refractivity contribution in [2.75, 3.05) is 19.4 Å². The fourth-order valence-electron chi connectivity index (χ4n) is 1.12. The first-order valence-electron chi connectivity index (χ1n) is 4.70. The average Bonchev–Trinajstić information content (AvgIpc) is 2.35. The Labute approximate surface area is 97.5 Å². The predicted molar refractivity (Wildman–Crippen MR) is 63.0 cm³/mol. The normalized spacial score (nSPS) is 9.94. The summed E-state index contributed by atoms with van der Waals surface area (Å²) >= 11 is 0.